The second kappa shape index (κ2) is 39.4. The zero-order chi connectivity index (χ0) is 73.8. The van der Waals surface area contributed by atoms with Crippen LogP contribution in [0.25, 0.3) is 0 Å². The topological polar surface area (TPSA) is 664 Å². The summed E-state index contributed by atoms with van der Waals surface area (Å²) in [4.78, 5) is 87.0. The SMILES string of the molecule is CC(=O)N[C@H]1[C@H](O[C@H]2[C@H](O)[C@@H](O)[C@H](O[C@@H]3[C@@H](NC(C)=O)[C@H](O[C@H]4[C@H](O)[C@@H](O)[C@H](OCCNC(=O)CCOCCOCCOCCOCCNC(=O)CCCC[C@@H]5SC[C@@H]6NC(=O)N[C@@H]65)O[C@@H]4C(=O)O)O[C@H](CO)[C@@H]3OS(=O)(=O)[O-])O[C@@H]2C(=O)O)O[C@H](COS(=O)(=O)[O-])[C@H](OS(=O)(=O)[O-])[C@@H]1O. The predicted octanol–water partition coefficient (Wildman–Crippen LogP) is -10.4. The molecule has 0 aromatic rings. The van der Waals surface area contributed by atoms with E-state index in [4.69, 9.17) is 56.8 Å². The van der Waals surface area contributed by atoms with Crippen molar-refractivity contribution in [2.45, 2.75) is 186 Å². The maximum Gasteiger partial charge on any atom is 0.335 e. The van der Waals surface area contributed by atoms with Gasteiger partial charge in [-0.05, 0) is 12.8 Å². The maximum atomic E-state index is 12.9. The second-order valence-corrected chi connectivity index (χ2v) is 27.1. The molecule has 49 heteroatoms. The Morgan fingerprint density at radius 3 is 1.59 bits per heavy atom. The van der Waals surface area contributed by atoms with Crippen LogP contribution in [-0.4, -0.2) is 353 Å². The van der Waals surface area contributed by atoms with Crippen LogP contribution in [0.4, 0.5) is 4.79 Å². The molecule has 0 aromatic carbocycles. The molecule has 6 aliphatic heterocycles. The number of thioether (sulfide) groups is 1. The average Bonchev–Trinajstić information content (AvgIpc) is 1.27. The van der Waals surface area contributed by atoms with Gasteiger partial charge in [-0.1, -0.05) is 6.42 Å². The van der Waals surface area contributed by atoms with Crippen LogP contribution in [0.3, 0.4) is 0 Å². The van der Waals surface area contributed by atoms with E-state index in [0.717, 1.165) is 38.9 Å². The molecule has 6 aliphatic rings. The van der Waals surface area contributed by atoms with Crippen LogP contribution in [0.2, 0.25) is 0 Å². The minimum atomic E-state index is -6.00. The van der Waals surface area contributed by atoms with Crippen molar-refractivity contribution in [3.63, 3.8) is 0 Å². The van der Waals surface area contributed by atoms with Crippen LogP contribution < -0.4 is 31.9 Å². The minimum absolute atomic E-state index is 0.0445. The lowest BCUT2D eigenvalue weighted by atomic mass is 9.94. The summed E-state index contributed by atoms with van der Waals surface area (Å²) in [7, 11) is -17.6. The summed E-state index contributed by atoms with van der Waals surface area (Å²) >= 11 is 1.83. The van der Waals surface area contributed by atoms with E-state index in [-0.39, 0.29) is 76.6 Å². The zero-order valence-corrected chi connectivity index (χ0v) is 56.3. The van der Waals surface area contributed by atoms with Crippen LogP contribution >= 0.6 is 11.8 Å². The summed E-state index contributed by atoms with van der Waals surface area (Å²) in [6.45, 7) is -0.252. The number of nitrogens with one attached hydrogen (secondary N) is 6. The molecule has 6 saturated heterocycles. The Bertz CT molecular complexity index is 3040. The van der Waals surface area contributed by atoms with Crippen LogP contribution in [-0.2, 0) is 129 Å². The molecule has 45 nitrogen and oxygen atoms in total. The van der Waals surface area contributed by atoms with Crippen LogP contribution in [0, 0.1) is 0 Å². The van der Waals surface area contributed by atoms with Crippen LogP contribution in [0.15, 0.2) is 0 Å². The Hall–Kier alpha value is -4.67. The van der Waals surface area contributed by atoms with Crippen molar-refractivity contribution in [2.75, 3.05) is 91.5 Å². The van der Waals surface area contributed by atoms with Gasteiger partial charge in [0.2, 0.25) is 54.8 Å². The summed E-state index contributed by atoms with van der Waals surface area (Å²) in [6, 6.07) is -4.30. The quantitative estimate of drug-likeness (QED) is 0.0117. The molecule has 100 heavy (non-hydrogen) atoms. The first-order valence-corrected chi connectivity index (χ1v) is 35.7. The third-order valence-electron chi connectivity index (χ3n) is 15.5. The average molecular weight is 1530 g/mol. The number of aliphatic hydroxyl groups is 6. The lowest BCUT2D eigenvalue weighted by molar-refractivity contribution is -0.367. The fourth-order valence-electron chi connectivity index (χ4n) is 11.0. The highest BCUT2D eigenvalue weighted by atomic mass is 32.3. The summed E-state index contributed by atoms with van der Waals surface area (Å²) in [6.07, 6.45) is -41.6. The third-order valence-corrected chi connectivity index (χ3v) is 18.3. The number of hydrogen-bond acceptors (Lipinski definition) is 38. The molecule has 576 valence electrons. The Kier molecular flexibility index (Phi) is 33.2. The number of aliphatic carboxylic acids is 2. The van der Waals surface area contributed by atoms with E-state index >= 15 is 0 Å². The van der Waals surface area contributed by atoms with Gasteiger partial charge in [0.15, 0.2) is 37.4 Å². The summed E-state index contributed by atoms with van der Waals surface area (Å²) in [5, 5.41) is 103. The van der Waals surface area contributed by atoms with Gasteiger partial charge in [-0.25, -0.2) is 39.6 Å². The number of aliphatic hydroxyl groups excluding tert-OH is 6. The van der Waals surface area contributed by atoms with Crippen LogP contribution in [0.5, 0.6) is 0 Å². The van der Waals surface area contributed by atoms with Gasteiger partial charge in [0.05, 0.1) is 84.8 Å². The molecule has 0 saturated carbocycles. The number of carbonyl (C=O) groups excluding carboxylic acids is 5. The maximum absolute atomic E-state index is 12.9. The van der Waals surface area contributed by atoms with Gasteiger partial charge in [-0.3, -0.25) is 31.7 Å². The lowest BCUT2D eigenvalue weighted by Crippen LogP contribution is -2.71. The third kappa shape index (κ3) is 26.2. The number of carboxylic acids is 2. The molecule has 6 fully saturated rings. The van der Waals surface area contributed by atoms with Crippen LogP contribution in [0.1, 0.15) is 46.0 Å². The number of amides is 6. The van der Waals surface area contributed by atoms with Gasteiger partial charge in [0.1, 0.15) is 85.3 Å². The van der Waals surface area contributed by atoms with Crippen molar-refractivity contribution in [2.24, 2.45) is 0 Å². The standard InChI is InChI=1S/C51H84N6O39S4/c1-22(59)54-31-33(63)38(95-99(76,77)78)26(20-87-98(73,74)75)89-47(31)91-42-35(65)37(67)50(94-44(42)46(70)71)90-40-32(55-23(2)60)48(88-25(19-58)39(40)96-100(79,80)81)92-41-34(64)36(66)49(93-43(41)45(68)69)86-12-9-53-29(62)7-10-82-13-15-84-17-18-85-16-14-83-11-8-52-28(61)6-4-3-5-27-30-24(21-97-27)56-51(72)57-30/h24-27,30-44,47-50,58,63-67H,3-21H2,1-2H3,(H,52,61)(H,53,62)(H,54,59)(H,55,60)(H,68,69)(H,70,71)(H2,56,57,72)(H,73,74,75)(H,76,77,78)(H,79,80,81)/p-3/t24-,25+,26+,27-,30-,31+,32+,33+,34+,35+,36+,37+,38-,39-,40+,41-,42-,43-,44-,47-,48-,49+,50+/m0/s1. The lowest BCUT2D eigenvalue weighted by Gasteiger charge is -2.50. The van der Waals surface area contributed by atoms with E-state index < -0.39 is 203 Å². The van der Waals surface area contributed by atoms with E-state index in [9.17, 15) is 113 Å². The minimum Gasteiger partial charge on any atom is -0.726 e. The molecule has 23 atom stereocenters. The first-order valence-electron chi connectivity index (χ1n) is 30.7. The summed E-state index contributed by atoms with van der Waals surface area (Å²) in [5.74, 6) is -6.10. The van der Waals surface area contributed by atoms with E-state index in [1.807, 2.05) is 17.1 Å². The van der Waals surface area contributed by atoms with Gasteiger partial charge < -0.3 is 143 Å². The summed E-state index contributed by atoms with van der Waals surface area (Å²) < 4.78 is 185. The number of hydrogen-bond donors (Lipinski definition) is 14. The molecule has 0 aliphatic carbocycles. The number of fused-ring (bicyclic) bond motifs is 1. The highest BCUT2D eigenvalue weighted by Gasteiger charge is 2.59. The molecule has 0 unspecified atom stereocenters. The van der Waals surface area contributed by atoms with Gasteiger partial charge in [-0.2, -0.15) is 11.8 Å². The van der Waals surface area contributed by atoms with Gasteiger partial charge in [0.25, 0.3) is 0 Å². The number of rotatable bonds is 42. The molecule has 6 rings (SSSR count). The fourth-order valence-corrected chi connectivity index (χ4v) is 13.9. The second-order valence-electron chi connectivity index (χ2n) is 22.8. The van der Waals surface area contributed by atoms with E-state index in [1.165, 1.54) is 0 Å². The molecule has 14 N–H and O–H groups in total. The van der Waals surface area contributed by atoms with Crippen molar-refractivity contribution in [3.8, 4) is 0 Å². The highest BCUT2D eigenvalue weighted by Crippen LogP contribution is 2.38. The van der Waals surface area contributed by atoms with Crippen molar-refractivity contribution in [3.05, 3.63) is 0 Å². The highest BCUT2D eigenvalue weighted by molar-refractivity contribution is 8.00. The molecule has 0 radical (unpaired) electrons. The molecule has 0 bridgehead atoms. The first-order chi connectivity index (χ1) is 47.1. The van der Waals surface area contributed by atoms with Gasteiger partial charge in [-0.15, -0.1) is 0 Å². The Morgan fingerprint density at radius 2 is 1.04 bits per heavy atom. The molecule has 6 amide bonds. The van der Waals surface area contributed by atoms with E-state index in [0.29, 0.717) is 31.4 Å². The fraction of sp³-hybridized carbons (Fsp3) is 0.863. The molecule has 0 aromatic heterocycles. The van der Waals surface area contributed by atoms with E-state index in [2.05, 4.69) is 39.1 Å². The van der Waals surface area contributed by atoms with Gasteiger partial charge in [0, 0.05) is 50.8 Å². The molecule has 6 heterocycles. The smallest absolute Gasteiger partial charge is 0.335 e. The number of carbonyl (C=O) groups is 7. The van der Waals surface area contributed by atoms with Crippen molar-refractivity contribution >= 4 is 84.6 Å². The Balaban J connectivity index is 0.960. The van der Waals surface area contributed by atoms with Crippen molar-refractivity contribution in [1.82, 2.24) is 31.9 Å². The van der Waals surface area contributed by atoms with Crippen molar-refractivity contribution < 1.29 is 183 Å². The molecular formula is C51H81N6O39S4-3. The normalized spacial score (nSPS) is 33.9. The van der Waals surface area contributed by atoms with Gasteiger partial charge >= 0.3 is 18.0 Å². The summed E-state index contributed by atoms with van der Waals surface area (Å²) in [5.41, 5.74) is 0. The first kappa shape index (κ1) is 84.3. The Morgan fingerprint density at radius 1 is 0.550 bits per heavy atom. The molecule has 0 spiro atoms. The Labute approximate surface area is 574 Å². The number of carboxylic acid groups (broad SMARTS) is 2. The number of unbranched alkanes of at least 4 members (excludes halogenated alkanes) is 1. The predicted molar refractivity (Wildman–Crippen MR) is 315 cm³/mol. The monoisotopic (exact) mass is 1530 g/mol. The van der Waals surface area contributed by atoms with E-state index in [1.54, 1.807) is 0 Å². The number of ether oxygens (including phenoxy) is 12. The zero-order valence-electron chi connectivity index (χ0n) is 53.1. The largest absolute Gasteiger partial charge is 0.726 e. The van der Waals surface area contributed by atoms with Crippen molar-refractivity contribution in [1.29, 1.82) is 0 Å². The molecular weight excluding hydrogens is 1450 g/mol. The number of urea groups is 1.